The molecule has 1 aliphatic heterocycles. The summed E-state index contributed by atoms with van der Waals surface area (Å²) in [5.41, 5.74) is 0. The Kier molecular flexibility index (Phi) is 2.30. The standard InChI is InChI=1S/C3H7OSi3/c1-7-3-2-4-5-6-7/h2-3H2,1H3. The van der Waals surface area contributed by atoms with Crippen LogP contribution in [-0.4, -0.2) is 32.8 Å². The molecule has 0 N–H and O–H groups in total. The molecule has 0 aromatic carbocycles. The fourth-order valence-corrected chi connectivity index (χ4v) is 6.70. The minimum atomic E-state index is 0.122. The van der Waals surface area contributed by atoms with E-state index in [1.165, 1.54) is 14.6 Å². The Hall–Kier alpha value is 0.611. The van der Waals surface area contributed by atoms with Gasteiger partial charge < -0.3 is 4.43 Å². The maximum Gasteiger partial charge on any atom is 0.202 e. The van der Waals surface area contributed by atoms with E-state index in [1.54, 1.807) is 0 Å². The molecule has 1 fully saturated rings. The molecule has 37 valence electrons. The summed E-state index contributed by atoms with van der Waals surface area (Å²) >= 11 is 0. The molecule has 5 radical (unpaired) electrons. The molecule has 0 amide bonds. The van der Waals surface area contributed by atoms with Gasteiger partial charge in [0.2, 0.25) is 9.28 Å². The summed E-state index contributed by atoms with van der Waals surface area (Å²) in [7, 11) is 2.16. The molecule has 0 saturated carbocycles. The number of hydrogen-bond acceptors (Lipinski definition) is 1. The van der Waals surface area contributed by atoms with Crippen molar-refractivity contribution in [3.63, 3.8) is 0 Å². The summed E-state index contributed by atoms with van der Waals surface area (Å²) in [5, 5.41) is 0. The van der Waals surface area contributed by atoms with Crippen LogP contribution in [0.2, 0.25) is 12.6 Å². The number of hydrogen-bond donors (Lipinski definition) is 0. The van der Waals surface area contributed by atoms with Crippen molar-refractivity contribution in [3.8, 4) is 0 Å². The van der Waals surface area contributed by atoms with E-state index in [9.17, 15) is 0 Å². The van der Waals surface area contributed by atoms with Gasteiger partial charge in [-0.3, -0.25) is 0 Å². The van der Waals surface area contributed by atoms with E-state index in [1.807, 2.05) is 0 Å². The molecule has 7 heavy (non-hydrogen) atoms. The molecule has 1 aliphatic rings. The molecule has 0 bridgehead atoms. The van der Waals surface area contributed by atoms with Gasteiger partial charge in [-0.15, -0.1) is 0 Å². The van der Waals surface area contributed by atoms with E-state index >= 15 is 0 Å². The van der Waals surface area contributed by atoms with Gasteiger partial charge in [0.05, 0.1) is 8.55 Å². The Labute approximate surface area is 50.4 Å². The van der Waals surface area contributed by atoms with Crippen LogP contribution in [0.3, 0.4) is 0 Å². The first-order valence-electron chi connectivity index (χ1n) is 2.35. The Bertz CT molecular complexity index is 52.1. The second-order valence-corrected chi connectivity index (χ2v) is 10.6. The predicted molar refractivity (Wildman–Crippen MR) is 33.9 cm³/mol. The lowest BCUT2D eigenvalue weighted by Gasteiger charge is -2.13. The molecular weight excluding hydrogens is 136 g/mol. The summed E-state index contributed by atoms with van der Waals surface area (Å²) in [6, 6.07) is 1.39. The van der Waals surface area contributed by atoms with Crippen LogP contribution in [0.25, 0.3) is 0 Å². The first-order valence-corrected chi connectivity index (χ1v) is 8.46. The Morgan fingerprint density at radius 2 is 2.57 bits per heavy atom. The van der Waals surface area contributed by atoms with Gasteiger partial charge in [-0.05, 0) is 6.04 Å². The quantitative estimate of drug-likeness (QED) is 0.430. The maximum absolute atomic E-state index is 5.21. The maximum atomic E-state index is 5.21. The molecule has 0 aromatic rings. The fraction of sp³-hybridized carbons (Fsp3) is 1.00. The van der Waals surface area contributed by atoms with Crippen molar-refractivity contribution in [2.75, 3.05) is 6.61 Å². The lowest BCUT2D eigenvalue weighted by atomic mass is 10.9. The van der Waals surface area contributed by atoms with Crippen molar-refractivity contribution in [2.24, 2.45) is 0 Å². The smallest absolute Gasteiger partial charge is 0.202 e. The second-order valence-electron chi connectivity index (χ2n) is 1.61. The van der Waals surface area contributed by atoms with Gasteiger partial charge in [0.25, 0.3) is 0 Å². The average molecular weight is 143 g/mol. The van der Waals surface area contributed by atoms with Crippen molar-refractivity contribution in [1.29, 1.82) is 0 Å². The fourth-order valence-electron chi connectivity index (χ4n) is 0.441. The van der Waals surface area contributed by atoms with E-state index in [0.29, 0.717) is 0 Å². The van der Waals surface area contributed by atoms with Gasteiger partial charge in [0, 0.05) is 14.9 Å². The molecule has 0 atom stereocenters. The van der Waals surface area contributed by atoms with Crippen molar-refractivity contribution in [3.05, 3.63) is 0 Å². The van der Waals surface area contributed by atoms with E-state index in [0.717, 1.165) is 15.9 Å². The third-order valence-corrected chi connectivity index (χ3v) is 10.3. The molecular formula is C3H7OSi3. The van der Waals surface area contributed by atoms with Gasteiger partial charge in [-0.2, -0.15) is 0 Å². The van der Waals surface area contributed by atoms with Crippen LogP contribution in [0.1, 0.15) is 0 Å². The summed E-state index contributed by atoms with van der Waals surface area (Å²) in [4.78, 5) is 0. The van der Waals surface area contributed by atoms with Crippen molar-refractivity contribution < 1.29 is 4.43 Å². The van der Waals surface area contributed by atoms with Crippen LogP contribution >= 0.6 is 0 Å². The predicted octanol–water partition coefficient (Wildman–Crippen LogP) is -0.124. The summed E-state index contributed by atoms with van der Waals surface area (Å²) in [5.74, 6) is 0. The van der Waals surface area contributed by atoms with E-state index in [-0.39, 0.29) is 8.31 Å². The van der Waals surface area contributed by atoms with Gasteiger partial charge in [0.1, 0.15) is 0 Å². The SMILES string of the molecule is C[Si]1CCO[Si][Si]1. The summed E-state index contributed by atoms with van der Waals surface area (Å²) in [6.45, 7) is 3.45. The largest absolute Gasteiger partial charge is 0.422 e. The Morgan fingerprint density at radius 3 is 2.86 bits per heavy atom. The zero-order valence-electron chi connectivity index (χ0n) is 4.32. The van der Waals surface area contributed by atoms with Crippen LogP contribution in [-0.2, 0) is 4.43 Å². The van der Waals surface area contributed by atoms with Gasteiger partial charge >= 0.3 is 0 Å². The normalized spacial score (nSPS) is 25.3. The zero-order valence-corrected chi connectivity index (χ0v) is 7.32. The van der Waals surface area contributed by atoms with Crippen LogP contribution in [0.15, 0.2) is 0 Å². The average Bonchev–Trinajstić information content (AvgIpc) is 1.69. The van der Waals surface area contributed by atoms with Crippen molar-refractivity contribution in [1.82, 2.24) is 0 Å². The molecule has 0 unspecified atom stereocenters. The monoisotopic (exact) mass is 143 g/mol. The molecule has 1 heterocycles. The lowest BCUT2D eigenvalue weighted by Crippen LogP contribution is -2.32. The topological polar surface area (TPSA) is 9.23 Å². The summed E-state index contributed by atoms with van der Waals surface area (Å²) < 4.78 is 5.21. The minimum Gasteiger partial charge on any atom is -0.422 e. The van der Waals surface area contributed by atoms with Gasteiger partial charge in [-0.1, -0.05) is 6.55 Å². The third-order valence-electron chi connectivity index (χ3n) is 0.916. The number of rotatable bonds is 0. The van der Waals surface area contributed by atoms with Crippen molar-refractivity contribution >= 4 is 26.1 Å². The van der Waals surface area contributed by atoms with E-state index in [2.05, 4.69) is 6.55 Å². The van der Waals surface area contributed by atoms with Crippen molar-refractivity contribution in [2.45, 2.75) is 12.6 Å². The van der Waals surface area contributed by atoms with Crippen LogP contribution in [0, 0.1) is 0 Å². The highest BCUT2D eigenvalue weighted by Crippen LogP contribution is 1.95. The van der Waals surface area contributed by atoms with E-state index < -0.39 is 0 Å². The molecule has 4 heteroatoms. The zero-order chi connectivity index (χ0) is 5.11. The van der Waals surface area contributed by atoms with E-state index in [4.69, 9.17) is 4.43 Å². The highest BCUT2D eigenvalue weighted by molar-refractivity contribution is 7.34. The van der Waals surface area contributed by atoms with Gasteiger partial charge in [0.15, 0.2) is 0 Å². The first-order chi connectivity index (χ1) is 3.39. The molecule has 1 saturated heterocycles. The van der Waals surface area contributed by atoms with Crippen LogP contribution in [0.5, 0.6) is 0 Å². The third kappa shape index (κ3) is 1.90. The highest BCUT2D eigenvalue weighted by atomic mass is 29.5. The lowest BCUT2D eigenvalue weighted by molar-refractivity contribution is 0.367. The van der Waals surface area contributed by atoms with Crippen LogP contribution < -0.4 is 0 Å². The molecule has 0 aliphatic carbocycles. The van der Waals surface area contributed by atoms with Gasteiger partial charge in [-0.25, -0.2) is 0 Å². The second kappa shape index (κ2) is 2.81. The molecule has 0 aromatic heterocycles. The van der Waals surface area contributed by atoms with Crippen LogP contribution in [0.4, 0.5) is 0 Å². The Balaban J connectivity index is 2.12. The molecule has 1 nitrogen and oxygen atoms in total. The first kappa shape index (κ1) is 5.74. The highest BCUT2D eigenvalue weighted by Gasteiger charge is 2.10. The summed E-state index contributed by atoms with van der Waals surface area (Å²) in [6.07, 6.45) is 0. The minimum absolute atomic E-state index is 0.122. The molecule has 0 spiro atoms. The molecule has 1 rings (SSSR count). The Morgan fingerprint density at radius 1 is 1.71 bits per heavy atom.